The molecule has 0 spiro atoms. The number of halogens is 1. The third kappa shape index (κ3) is 3.41. The van der Waals surface area contributed by atoms with Crippen LogP contribution in [0.15, 0.2) is 35.1 Å². The number of rotatable bonds is 6. The number of ether oxygens (including phenoxy) is 1. The van der Waals surface area contributed by atoms with Gasteiger partial charge >= 0.3 is 0 Å². The molecule has 1 N–H and O–H groups in total. The molecule has 20 heavy (non-hydrogen) atoms. The predicted molar refractivity (Wildman–Crippen MR) is 81.9 cm³/mol. The molecule has 2 aromatic rings. The zero-order valence-corrected chi connectivity index (χ0v) is 13.1. The lowest BCUT2D eigenvalue weighted by molar-refractivity contribution is 0.414. The standard InChI is InChI=1S/C15H18BrN3O/c1-20-14-4-5-15(16)12(6-14)10-19-9-11(8-18-19)7-17-13-2-3-13/h4-6,8-9,13,17H,2-3,7,10H2,1H3. The fraction of sp³-hybridized carbons (Fsp3) is 0.400. The maximum atomic E-state index is 5.26. The number of methoxy groups -OCH3 is 1. The summed E-state index contributed by atoms with van der Waals surface area (Å²) >= 11 is 3.57. The van der Waals surface area contributed by atoms with Crippen LogP contribution in [-0.4, -0.2) is 22.9 Å². The lowest BCUT2D eigenvalue weighted by Crippen LogP contribution is -2.14. The van der Waals surface area contributed by atoms with E-state index in [1.807, 2.05) is 29.1 Å². The summed E-state index contributed by atoms with van der Waals surface area (Å²) in [5.41, 5.74) is 2.39. The Bertz CT molecular complexity index is 593. The molecule has 0 radical (unpaired) electrons. The Balaban J connectivity index is 1.67. The first kappa shape index (κ1) is 13.6. The van der Waals surface area contributed by atoms with E-state index in [2.05, 4.69) is 32.5 Å². The molecule has 1 aromatic carbocycles. The third-order valence-corrected chi connectivity index (χ3v) is 4.22. The van der Waals surface area contributed by atoms with Crippen LogP contribution in [-0.2, 0) is 13.1 Å². The van der Waals surface area contributed by atoms with Crippen LogP contribution >= 0.6 is 15.9 Å². The largest absolute Gasteiger partial charge is 0.497 e. The lowest BCUT2D eigenvalue weighted by atomic mass is 10.2. The fourth-order valence-corrected chi connectivity index (χ4v) is 2.48. The fourth-order valence-electron chi connectivity index (χ4n) is 2.11. The summed E-state index contributed by atoms with van der Waals surface area (Å²) in [6.45, 7) is 1.64. The van der Waals surface area contributed by atoms with Crippen molar-refractivity contribution in [2.45, 2.75) is 32.0 Å². The Kier molecular flexibility index (Phi) is 4.08. The highest BCUT2D eigenvalue weighted by molar-refractivity contribution is 9.10. The first-order chi connectivity index (χ1) is 9.74. The van der Waals surface area contributed by atoms with Crippen LogP contribution in [0.3, 0.4) is 0 Å². The lowest BCUT2D eigenvalue weighted by Gasteiger charge is -2.07. The molecule has 4 nitrogen and oxygen atoms in total. The summed E-state index contributed by atoms with van der Waals surface area (Å²) in [4.78, 5) is 0. The molecule has 0 aliphatic heterocycles. The first-order valence-corrected chi connectivity index (χ1v) is 7.61. The van der Waals surface area contributed by atoms with Crippen LogP contribution in [0.5, 0.6) is 5.75 Å². The van der Waals surface area contributed by atoms with Crippen molar-refractivity contribution in [2.75, 3.05) is 7.11 Å². The molecule has 0 amide bonds. The van der Waals surface area contributed by atoms with Crippen molar-refractivity contribution in [1.29, 1.82) is 0 Å². The predicted octanol–water partition coefficient (Wildman–Crippen LogP) is 2.95. The Morgan fingerprint density at radius 3 is 3.05 bits per heavy atom. The second-order valence-electron chi connectivity index (χ2n) is 5.16. The van der Waals surface area contributed by atoms with Gasteiger partial charge in [-0.05, 0) is 36.6 Å². The van der Waals surface area contributed by atoms with E-state index < -0.39 is 0 Å². The van der Waals surface area contributed by atoms with Crippen molar-refractivity contribution in [3.63, 3.8) is 0 Å². The highest BCUT2D eigenvalue weighted by Crippen LogP contribution is 2.23. The summed E-state index contributed by atoms with van der Waals surface area (Å²) in [7, 11) is 1.68. The number of nitrogens with zero attached hydrogens (tertiary/aromatic N) is 2. The Morgan fingerprint density at radius 2 is 2.30 bits per heavy atom. The molecular formula is C15H18BrN3O. The molecule has 1 fully saturated rings. The third-order valence-electron chi connectivity index (χ3n) is 3.44. The van der Waals surface area contributed by atoms with Crippen molar-refractivity contribution in [2.24, 2.45) is 0 Å². The van der Waals surface area contributed by atoms with Gasteiger partial charge in [0.25, 0.3) is 0 Å². The molecule has 5 heteroatoms. The van der Waals surface area contributed by atoms with E-state index in [-0.39, 0.29) is 0 Å². The van der Waals surface area contributed by atoms with Crippen LogP contribution in [0.1, 0.15) is 24.0 Å². The second-order valence-corrected chi connectivity index (χ2v) is 6.01. The average Bonchev–Trinajstić information content (AvgIpc) is 3.19. The van der Waals surface area contributed by atoms with Gasteiger partial charge in [0.05, 0.1) is 19.9 Å². The minimum atomic E-state index is 0.728. The molecule has 0 saturated heterocycles. The summed E-state index contributed by atoms with van der Waals surface area (Å²) in [6.07, 6.45) is 6.65. The number of aromatic nitrogens is 2. The van der Waals surface area contributed by atoms with Crippen LogP contribution in [0, 0.1) is 0 Å². The maximum absolute atomic E-state index is 5.26. The maximum Gasteiger partial charge on any atom is 0.119 e. The van der Waals surface area contributed by atoms with Gasteiger partial charge in [0, 0.05) is 28.8 Å². The van der Waals surface area contributed by atoms with Gasteiger partial charge in [0.2, 0.25) is 0 Å². The van der Waals surface area contributed by atoms with Gasteiger partial charge in [-0.3, -0.25) is 4.68 Å². The molecule has 1 heterocycles. The normalized spacial score (nSPS) is 14.5. The van der Waals surface area contributed by atoms with Crippen LogP contribution in [0.4, 0.5) is 0 Å². The Hall–Kier alpha value is -1.33. The smallest absolute Gasteiger partial charge is 0.119 e. The van der Waals surface area contributed by atoms with Crippen LogP contribution in [0.2, 0.25) is 0 Å². The molecule has 1 aromatic heterocycles. The van der Waals surface area contributed by atoms with Gasteiger partial charge in [-0.2, -0.15) is 5.10 Å². The molecule has 3 rings (SSSR count). The Labute approximate surface area is 127 Å². The molecule has 106 valence electrons. The number of hydrogen-bond acceptors (Lipinski definition) is 3. The SMILES string of the molecule is COc1ccc(Br)c(Cn2cc(CNC3CC3)cn2)c1. The minimum absolute atomic E-state index is 0.728. The molecule has 1 aliphatic carbocycles. The van der Waals surface area contributed by atoms with Crippen molar-refractivity contribution in [1.82, 2.24) is 15.1 Å². The van der Waals surface area contributed by atoms with E-state index in [9.17, 15) is 0 Å². The van der Waals surface area contributed by atoms with Crippen molar-refractivity contribution >= 4 is 15.9 Å². The average molecular weight is 336 g/mol. The second kappa shape index (κ2) is 5.97. The summed E-state index contributed by atoms with van der Waals surface area (Å²) in [5, 5.41) is 7.92. The first-order valence-electron chi connectivity index (χ1n) is 6.82. The van der Waals surface area contributed by atoms with Crippen LogP contribution < -0.4 is 10.1 Å². The van der Waals surface area contributed by atoms with Gasteiger partial charge in [-0.15, -0.1) is 0 Å². The monoisotopic (exact) mass is 335 g/mol. The van der Waals surface area contributed by atoms with Gasteiger partial charge in [0.15, 0.2) is 0 Å². The summed E-state index contributed by atoms with van der Waals surface area (Å²) in [5.74, 6) is 0.867. The molecule has 1 aliphatic rings. The van der Waals surface area contributed by atoms with E-state index in [0.717, 1.165) is 34.9 Å². The number of nitrogens with one attached hydrogen (secondary N) is 1. The van der Waals surface area contributed by atoms with Gasteiger partial charge in [0.1, 0.15) is 5.75 Å². The Morgan fingerprint density at radius 1 is 1.45 bits per heavy atom. The van der Waals surface area contributed by atoms with Crippen molar-refractivity contribution in [3.8, 4) is 5.75 Å². The molecule has 0 bridgehead atoms. The van der Waals surface area contributed by atoms with E-state index in [1.54, 1.807) is 7.11 Å². The topological polar surface area (TPSA) is 39.1 Å². The van der Waals surface area contributed by atoms with Gasteiger partial charge in [-0.25, -0.2) is 0 Å². The van der Waals surface area contributed by atoms with Crippen LogP contribution in [0.25, 0.3) is 0 Å². The van der Waals surface area contributed by atoms with E-state index >= 15 is 0 Å². The van der Waals surface area contributed by atoms with E-state index in [4.69, 9.17) is 4.74 Å². The van der Waals surface area contributed by atoms with E-state index in [1.165, 1.54) is 18.4 Å². The quantitative estimate of drug-likeness (QED) is 0.882. The zero-order valence-electron chi connectivity index (χ0n) is 11.5. The summed E-state index contributed by atoms with van der Waals surface area (Å²) < 4.78 is 8.30. The molecular weight excluding hydrogens is 318 g/mol. The molecule has 1 saturated carbocycles. The van der Waals surface area contributed by atoms with Crippen molar-refractivity contribution in [3.05, 3.63) is 46.2 Å². The molecule has 0 unspecified atom stereocenters. The van der Waals surface area contributed by atoms with E-state index in [0.29, 0.717) is 0 Å². The molecule has 0 atom stereocenters. The zero-order chi connectivity index (χ0) is 13.9. The van der Waals surface area contributed by atoms with Gasteiger partial charge in [-0.1, -0.05) is 15.9 Å². The highest BCUT2D eigenvalue weighted by atomic mass is 79.9. The number of benzene rings is 1. The number of hydrogen-bond donors (Lipinski definition) is 1. The van der Waals surface area contributed by atoms with Crippen molar-refractivity contribution < 1.29 is 4.74 Å². The highest BCUT2D eigenvalue weighted by Gasteiger charge is 2.20. The van der Waals surface area contributed by atoms with Gasteiger partial charge < -0.3 is 10.1 Å². The minimum Gasteiger partial charge on any atom is -0.497 e. The summed E-state index contributed by atoms with van der Waals surface area (Å²) in [6, 6.07) is 6.72.